The normalized spacial score (nSPS) is 10.8. The fourth-order valence-electron chi connectivity index (χ4n) is 1.21. The van der Waals surface area contributed by atoms with Gasteiger partial charge in [-0.1, -0.05) is 30.3 Å². The van der Waals surface area contributed by atoms with Crippen LogP contribution in [0.4, 0.5) is 0 Å². The maximum absolute atomic E-state index is 11.3. The van der Waals surface area contributed by atoms with Crippen molar-refractivity contribution in [3.63, 3.8) is 0 Å². The van der Waals surface area contributed by atoms with E-state index in [1.54, 1.807) is 14.2 Å². The predicted octanol–water partition coefficient (Wildman–Crippen LogP) is 0.883. The zero-order valence-electron chi connectivity index (χ0n) is 12.0. The molecule has 0 saturated heterocycles. The standard InChI is InChI=1S/C12H15NO4.C2H6O/c1-16-12(15)10(13)7-11(14)17-8-9-5-3-2-4-6-9;1-3-2/h2-6,10H,7-8,13H2,1H3;1-2H3/t10-;/m0./s1. The van der Waals surface area contributed by atoms with Gasteiger partial charge in [0.1, 0.15) is 12.6 Å². The average molecular weight is 283 g/mol. The lowest BCUT2D eigenvalue weighted by Gasteiger charge is -2.09. The van der Waals surface area contributed by atoms with E-state index in [9.17, 15) is 9.59 Å². The van der Waals surface area contributed by atoms with E-state index >= 15 is 0 Å². The number of hydrogen-bond acceptors (Lipinski definition) is 6. The minimum Gasteiger partial charge on any atom is -0.468 e. The summed E-state index contributed by atoms with van der Waals surface area (Å²) in [6.07, 6.45) is -0.181. The maximum Gasteiger partial charge on any atom is 0.323 e. The number of nitrogens with two attached hydrogens (primary N) is 1. The highest BCUT2D eigenvalue weighted by Gasteiger charge is 2.18. The largest absolute Gasteiger partial charge is 0.468 e. The van der Waals surface area contributed by atoms with Crippen LogP contribution in [0.3, 0.4) is 0 Å². The van der Waals surface area contributed by atoms with Gasteiger partial charge in [-0.05, 0) is 5.56 Å². The summed E-state index contributed by atoms with van der Waals surface area (Å²) in [5, 5.41) is 0. The van der Waals surface area contributed by atoms with Crippen molar-refractivity contribution in [1.29, 1.82) is 0 Å². The Morgan fingerprint density at radius 3 is 2.20 bits per heavy atom. The minimum atomic E-state index is -0.969. The maximum atomic E-state index is 11.3. The van der Waals surface area contributed by atoms with Crippen LogP contribution in [0, 0.1) is 0 Å². The highest BCUT2D eigenvalue weighted by atomic mass is 16.5. The third kappa shape index (κ3) is 8.23. The quantitative estimate of drug-likeness (QED) is 0.807. The highest BCUT2D eigenvalue weighted by Crippen LogP contribution is 2.02. The lowest BCUT2D eigenvalue weighted by molar-refractivity contribution is -0.151. The second kappa shape index (κ2) is 11.0. The predicted molar refractivity (Wildman–Crippen MR) is 73.8 cm³/mol. The molecule has 112 valence electrons. The number of rotatable bonds is 5. The van der Waals surface area contributed by atoms with Gasteiger partial charge in [-0.2, -0.15) is 0 Å². The fraction of sp³-hybridized carbons (Fsp3) is 0.429. The monoisotopic (exact) mass is 283 g/mol. The molecule has 0 radical (unpaired) electrons. The molecule has 0 aromatic heterocycles. The van der Waals surface area contributed by atoms with Crippen LogP contribution in [-0.4, -0.2) is 39.3 Å². The molecule has 1 aromatic rings. The topological polar surface area (TPSA) is 87.9 Å². The molecule has 0 aliphatic heterocycles. The van der Waals surface area contributed by atoms with Gasteiger partial charge < -0.3 is 19.9 Å². The molecule has 0 aliphatic rings. The van der Waals surface area contributed by atoms with Crippen LogP contribution in [0.2, 0.25) is 0 Å². The van der Waals surface area contributed by atoms with Gasteiger partial charge >= 0.3 is 11.9 Å². The first-order chi connectivity index (χ1) is 9.54. The first kappa shape index (κ1) is 18.1. The molecule has 0 fully saturated rings. The van der Waals surface area contributed by atoms with Crippen LogP contribution >= 0.6 is 0 Å². The Balaban J connectivity index is 0.00000110. The van der Waals surface area contributed by atoms with Crippen LogP contribution in [0.15, 0.2) is 30.3 Å². The zero-order chi connectivity index (χ0) is 15.4. The van der Waals surface area contributed by atoms with E-state index in [1.165, 1.54) is 7.11 Å². The zero-order valence-corrected chi connectivity index (χ0v) is 12.0. The molecule has 6 nitrogen and oxygen atoms in total. The Morgan fingerprint density at radius 2 is 1.70 bits per heavy atom. The number of esters is 2. The number of carbonyl (C=O) groups excluding carboxylic acids is 2. The van der Waals surface area contributed by atoms with Crippen LogP contribution in [0.5, 0.6) is 0 Å². The molecule has 1 atom stereocenters. The molecular weight excluding hydrogens is 262 g/mol. The van der Waals surface area contributed by atoms with Gasteiger partial charge in [-0.3, -0.25) is 9.59 Å². The summed E-state index contributed by atoms with van der Waals surface area (Å²) in [4.78, 5) is 22.3. The summed E-state index contributed by atoms with van der Waals surface area (Å²) in [6.45, 7) is 0.174. The molecular formula is C14H21NO5. The average Bonchev–Trinajstić information content (AvgIpc) is 2.46. The fourth-order valence-corrected chi connectivity index (χ4v) is 1.21. The van der Waals surface area contributed by atoms with Gasteiger partial charge in [0.2, 0.25) is 0 Å². The van der Waals surface area contributed by atoms with Crippen LogP contribution in [-0.2, 0) is 30.4 Å². The third-order valence-electron chi connectivity index (χ3n) is 2.13. The third-order valence-corrected chi connectivity index (χ3v) is 2.13. The Bertz CT molecular complexity index is 394. The van der Waals surface area contributed by atoms with E-state index in [4.69, 9.17) is 10.5 Å². The molecule has 0 amide bonds. The van der Waals surface area contributed by atoms with Gasteiger partial charge in [0, 0.05) is 14.2 Å². The number of methoxy groups -OCH3 is 2. The van der Waals surface area contributed by atoms with E-state index in [0.717, 1.165) is 5.56 Å². The van der Waals surface area contributed by atoms with E-state index in [0.29, 0.717) is 0 Å². The van der Waals surface area contributed by atoms with Crippen molar-refractivity contribution in [3.8, 4) is 0 Å². The van der Waals surface area contributed by atoms with E-state index in [-0.39, 0.29) is 13.0 Å². The lowest BCUT2D eigenvalue weighted by Crippen LogP contribution is -2.34. The van der Waals surface area contributed by atoms with Crippen LogP contribution in [0.1, 0.15) is 12.0 Å². The summed E-state index contributed by atoms with van der Waals surface area (Å²) < 4.78 is 13.6. The first-order valence-electron chi connectivity index (χ1n) is 5.98. The SMILES string of the molecule is COC.COC(=O)[C@@H](N)CC(=O)OCc1ccccc1. The lowest BCUT2D eigenvalue weighted by atomic mass is 10.2. The molecule has 0 saturated carbocycles. The highest BCUT2D eigenvalue weighted by molar-refractivity contribution is 5.82. The molecule has 1 rings (SSSR count). The molecule has 6 heteroatoms. The van der Waals surface area contributed by atoms with Crippen molar-refractivity contribution in [2.24, 2.45) is 5.73 Å². The van der Waals surface area contributed by atoms with Crippen LogP contribution in [0.25, 0.3) is 0 Å². The van der Waals surface area contributed by atoms with Crippen molar-refractivity contribution in [3.05, 3.63) is 35.9 Å². The summed E-state index contributed by atoms with van der Waals surface area (Å²) >= 11 is 0. The molecule has 0 heterocycles. The van der Waals surface area contributed by atoms with Gasteiger partial charge in [0.25, 0.3) is 0 Å². The molecule has 0 unspecified atom stereocenters. The molecule has 0 bridgehead atoms. The Labute approximate surface area is 118 Å². The number of benzene rings is 1. The Morgan fingerprint density at radius 1 is 1.15 bits per heavy atom. The van der Waals surface area contributed by atoms with Gasteiger partial charge in [-0.15, -0.1) is 0 Å². The molecule has 1 aromatic carbocycles. The second-order valence-corrected chi connectivity index (χ2v) is 3.89. The smallest absolute Gasteiger partial charge is 0.323 e. The van der Waals surface area contributed by atoms with Gasteiger partial charge in [-0.25, -0.2) is 0 Å². The van der Waals surface area contributed by atoms with Crippen molar-refractivity contribution in [1.82, 2.24) is 0 Å². The number of carbonyl (C=O) groups is 2. The summed E-state index contributed by atoms with van der Waals surface area (Å²) in [7, 11) is 4.47. The summed E-state index contributed by atoms with van der Waals surface area (Å²) in [5.41, 5.74) is 6.30. The Kier molecular flexibility index (Phi) is 9.90. The van der Waals surface area contributed by atoms with Crippen LogP contribution < -0.4 is 5.73 Å². The van der Waals surface area contributed by atoms with E-state index in [2.05, 4.69) is 9.47 Å². The first-order valence-corrected chi connectivity index (χ1v) is 5.98. The molecule has 20 heavy (non-hydrogen) atoms. The second-order valence-electron chi connectivity index (χ2n) is 3.89. The van der Waals surface area contributed by atoms with E-state index < -0.39 is 18.0 Å². The molecule has 0 spiro atoms. The van der Waals surface area contributed by atoms with Crippen molar-refractivity contribution in [2.45, 2.75) is 19.1 Å². The van der Waals surface area contributed by atoms with Crippen molar-refractivity contribution >= 4 is 11.9 Å². The van der Waals surface area contributed by atoms with Gasteiger partial charge in [0.15, 0.2) is 0 Å². The van der Waals surface area contributed by atoms with E-state index in [1.807, 2.05) is 30.3 Å². The molecule has 2 N–H and O–H groups in total. The number of hydrogen-bond donors (Lipinski definition) is 1. The van der Waals surface area contributed by atoms with Crippen molar-refractivity contribution < 1.29 is 23.8 Å². The van der Waals surface area contributed by atoms with Crippen molar-refractivity contribution in [2.75, 3.05) is 21.3 Å². The minimum absolute atomic E-state index is 0.174. The Hall–Kier alpha value is -1.92. The summed E-state index contributed by atoms with van der Waals surface area (Å²) in [5.74, 6) is -1.14. The number of ether oxygens (including phenoxy) is 3. The summed E-state index contributed by atoms with van der Waals surface area (Å²) in [6, 6.07) is 8.29. The van der Waals surface area contributed by atoms with Gasteiger partial charge in [0.05, 0.1) is 13.5 Å². The molecule has 0 aliphatic carbocycles.